The molecule has 0 spiro atoms. The predicted molar refractivity (Wildman–Crippen MR) is 104 cm³/mol. The first-order valence-corrected chi connectivity index (χ1v) is 9.05. The van der Waals surface area contributed by atoms with Gasteiger partial charge >= 0.3 is 0 Å². The van der Waals surface area contributed by atoms with Crippen LogP contribution in [0, 0.1) is 6.92 Å². The summed E-state index contributed by atoms with van der Waals surface area (Å²) in [6.07, 6.45) is 0. The lowest BCUT2D eigenvalue weighted by Gasteiger charge is -2.26. The molecule has 4 rings (SSSR count). The molecule has 0 saturated carbocycles. The van der Waals surface area contributed by atoms with Crippen LogP contribution in [0.15, 0.2) is 36.4 Å². The average molecular weight is 377 g/mol. The number of hydrogen-bond acceptors (Lipinski definition) is 4. The SMILES string of the molecule is Cc1nn(Cc2ccccc2)c2sc(C(=O)N3CCNCC3)cc12.Cl. The number of fused-ring (bicyclic) bond motifs is 1. The van der Waals surface area contributed by atoms with E-state index >= 15 is 0 Å². The molecule has 1 fully saturated rings. The van der Waals surface area contributed by atoms with Crippen LogP contribution < -0.4 is 5.32 Å². The third-order valence-electron chi connectivity index (χ3n) is 4.40. The molecule has 0 aliphatic carbocycles. The Morgan fingerprint density at radius 3 is 2.68 bits per heavy atom. The number of amides is 1. The normalized spacial score (nSPS) is 14.5. The van der Waals surface area contributed by atoms with Crippen molar-refractivity contribution in [2.75, 3.05) is 26.2 Å². The van der Waals surface area contributed by atoms with Crippen molar-refractivity contribution in [2.24, 2.45) is 0 Å². The maximum atomic E-state index is 12.7. The van der Waals surface area contributed by atoms with Crippen LogP contribution in [0.25, 0.3) is 10.2 Å². The molecule has 1 amide bonds. The van der Waals surface area contributed by atoms with Crippen LogP contribution in [0.4, 0.5) is 0 Å². The van der Waals surface area contributed by atoms with Gasteiger partial charge in [-0.1, -0.05) is 30.3 Å². The van der Waals surface area contributed by atoms with Crippen LogP contribution in [-0.4, -0.2) is 46.8 Å². The second-order valence-electron chi connectivity index (χ2n) is 6.10. The van der Waals surface area contributed by atoms with Crippen molar-refractivity contribution in [2.45, 2.75) is 13.5 Å². The Morgan fingerprint density at radius 1 is 1.24 bits per heavy atom. The third kappa shape index (κ3) is 3.56. The lowest BCUT2D eigenvalue weighted by molar-refractivity contribution is 0.0741. The van der Waals surface area contributed by atoms with Gasteiger partial charge in [0.15, 0.2) is 0 Å². The van der Waals surface area contributed by atoms with E-state index in [0.717, 1.165) is 53.5 Å². The largest absolute Gasteiger partial charge is 0.335 e. The average Bonchev–Trinajstić information content (AvgIpc) is 3.18. The zero-order valence-corrected chi connectivity index (χ0v) is 15.7. The topological polar surface area (TPSA) is 50.2 Å². The van der Waals surface area contributed by atoms with Crippen molar-refractivity contribution < 1.29 is 4.79 Å². The highest BCUT2D eigenvalue weighted by molar-refractivity contribution is 7.20. The number of benzene rings is 1. The lowest BCUT2D eigenvalue weighted by Crippen LogP contribution is -2.46. The second kappa shape index (κ2) is 7.56. The molecule has 3 heterocycles. The van der Waals surface area contributed by atoms with Gasteiger partial charge < -0.3 is 10.2 Å². The fraction of sp³-hybridized carbons (Fsp3) is 0.333. The number of aryl methyl sites for hydroxylation is 1. The first-order valence-electron chi connectivity index (χ1n) is 8.23. The number of thiophene rings is 1. The van der Waals surface area contributed by atoms with Gasteiger partial charge in [-0.05, 0) is 18.6 Å². The van der Waals surface area contributed by atoms with Crippen LogP contribution >= 0.6 is 23.7 Å². The number of carbonyl (C=O) groups excluding carboxylic acids is 1. The molecule has 7 heteroatoms. The molecule has 5 nitrogen and oxygen atoms in total. The molecule has 1 saturated heterocycles. The highest BCUT2D eigenvalue weighted by Crippen LogP contribution is 2.29. The van der Waals surface area contributed by atoms with E-state index in [1.165, 1.54) is 5.56 Å². The van der Waals surface area contributed by atoms with Crippen molar-refractivity contribution in [3.05, 3.63) is 52.5 Å². The molecule has 0 bridgehead atoms. The van der Waals surface area contributed by atoms with Gasteiger partial charge in [0.1, 0.15) is 4.83 Å². The Balaban J connectivity index is 0.00000182. The summed E-state index contributed by atoms with van der Waals surface area (Å²) in [7, 11) is 0. The van der Waals surface area contributed by atoms with E-state index in [-0.39, 0.29) is 18.3 Å². The molecule has 3 aromatic rings. The summed E-state index contributed by atoms with van der Waals surface area (Å²) in [6, 6.07) is 12.3. The minimum Gasteiger partial charge on any atom is -0.335 e. The van der Waals surface area contributed by atoms with Crippen molar-refractivity contribution >= 4 is 39.9 Å². The van der Waals surface area contributed by atoms with E-state index < -0.39 is 0 Å². The van der Waals surface area contributed by atoms with E-state index in [0.29, 0.717) is 0 Å². The monoisotopic (exact) mass is 376 g/mol. The summed E-state index contributed by atoms with van der Waals surface area (Å²) >= 11 is 1.55. The smallest absolute Gasteiger partial charge is 0.264 e. The van der Waals surface area contributed by atoms with E-state index in [1.807, 2.05) is 40.8 Å². The van der Waals surface area contributed by atoms with Crippen molar-refractivity contribution in [3.8, 4) is 0 Å². The number of halogens is 1. The maximum Gasteiger partial charge on any atom is 0.264 e. The van der Waals surface area contributed by atoms with Gasteiger partial charge in [0.2, 0.25) is 0 Å². The molecule has 1 aliphatic heterocycles. The van der Waals surface area contributed by atoms with Crippen LogP contribution in [0.1, 0.15) is 20.9 Å². The zero-order chi connectivity index (χ0) is 16.5. The zero-order valence-electron chi connectivity index (χ0n) is 14.1. The summed E-state index contributed by atoms with van der Waals surface area (Å²) in [5, 5.41) is 9.03. The van der Waals surface area contributed by atoms with Crippen LogP contribution in [0.2, 0.25) is 0 Å². The van der Waals surface area contributed by atoms with Crippen molar-refractivity contribution in [1.82, 2.24) is 20.0 Å². The van der Waals surface area contributed by atoms with Gasteiger partial charge in [-0.2, -0.15) is 5.10 Å². The van der Waals surface area contributed by atoms with Crippen LogP contribution in [0.3, 0.4) is 0 Å². The lowest BCUT2D eigenvalue weighted by atomic mass is 10.2. The summed E-state index contributed by atoms with van der Waals surface area (Å²) < 4.78 is 2.01. The summed E-state index contributed by atoms with van der Waals surface area (Å²) in [5.41, 5.74) is 2.20. The highest BCUT2D eigenvalue weighted by atomic mass is 35.5. The number of nitrogens with one attached hydrogen (secondary N) is 1. The van der Waals surface area contributed by atoms with E-state index in [2.05, 4.69) is 22.5 Å². The van der Waals surface area contributed by atoms with Crippen LogP contribution in [-0.2, 0) is 6.54 Å². The molecule has 1 aliphatic rings. The molecule has 25 heavy (non-hydrogen) atoms. The maximum absolute atomic E-state index is 12.7. The van der Waals surface area contributed by atoms with Crippen LogP contribution in [0.5, 0.6) is 0 Å². The molecule has 2 aromatic heterocycles. The predicted octanol–water partition coefficient (Wildman–Crippen LogP) is 2.92. The molecule has 1 N–H and O–H groups in total. The quantitative estimate of drug-likeness (QED) is 0.764. The summed E-state index contributed by atoms with van der Waals surface area (Å²) in [5.74, 6) is 0.142. The standard InChI is InChI=1S/C18H20N4OS.ClH/c1-13-15-11-16(17(23)21-9-7-19-8-10-21)24-18(15)22(20-13)12-14-5-3-2-4-6-14;/h2-6,11,19H,7-10,12H2,1H3;1H. The second-order valence-corrected chi connectivity index (χ2v) is 7.13. The fourth-order valence-corrected chi connectivity index (χ4v) is 4.23. The highest BCUT2D eigenvalue weighted by Gasteiger charge is 2.22. The van der Waals surface area contributed by atoms with E-state index in [4.69, 9.17) is 0 Å². The van der Waals surface area contributed by atoms with Gasteiger partial charge in [-0.25, -0.2) is 0 Å². The number of aromatic nitrogens is 2. The Hall–Kier alpha value is -1.89. The number of rotatable bonds is 3. The van der Waals surface area contributed by atoms with Gasteiger partial charge in [0, 0.05) is 31.6 Å². The first-order chi connectivity index (χ1) is 11.7. The van der Waals surface area contributed by atoms with E-state index in [1.54, 1.807) is 11.3 Å². The summed E-state index contributed by atoms with van der Waals surface area (Å²) in [4.78, 5) is 16.6. The number of piperazine rings is 1. The van der Waals surface area contributed by atoms with Gasteiger partial charge in [0.25, 0.3) is 5.91 Å². The Morgan fingerprint density at radius 2 is 1.96 bits per heavy atom. The summed E-state index contributed by atoms with van der Waals surface area (Å²) in [6.45, 7) is 6.04. The molecule has 132 valence electrons. The van der Waals surface area contributed by atoms with Gasteiger partial charge in [-0.15, -0.1) is 23.7 Å². The molecule has 1 aromatic carbocycles. The van der Waals surface area contributed by atoms with Crippen molar-refractivity contribution in [3.63, 3.8) is 0 Å². The molecule has 0 atom stereocenters. The van der Waals surface area contributed by atoms with E-state index in [9.17, 15) is 4.79 Å². The minimum atomic E-state index is 0. The Bertz CT molecular complexity index is 868. The molecular formula is C18H21ClN4OS. The third-order valence-corrected chi connectivity index (χ3v) is 5.53. The molecule has 0 unspecified atom stereocenters. The first kappa shape index (κ1) is 17.9. The molecular weight excluding hydrogens is 356 g/mol. The van der Waals surface area contributed by atoms with Crippen molar-refractivity contribution in [1.29, 1.82) is 0 Å². The Labute approximate surface area is 157 Å². The number of carbonyl (C=O) groups is 1. The fourth-order valence-electron chi connectivity index (χ4n) is 3.11. The number of hydrogen-bond donors (Lipinski definition) is 1. The number of nitrogens with zero attached hydrogens (tertiary/aromatic N) is 3. The van der Waals surface area contributed by atoms with Gasteiger partial charge in [0.05, 0.1) is 17.1 Å². The minimum absolute atomic E-state index is 0. The molecule has 0 radical (unpaired) electrons. The van der Waals surface area contributed by atoms with Gasteiger partial charge in [-0.3, -0.25) is 9.48 Å². The Kier molecular flexibility index (Phi) is 5.42.